The van der Waals surface area contributed by atoms with Crippen LogP contribution in [0.1, 0.15) is 31.7 Å². The fourth-order valence-electron chi connectivity index (χ4n) is 2.71. The zero-order valence-electron chi connectivity index (χ0n) is 17.4. The maximum Gasteiger partial charge on any atom is 0.324 e. The summed E-state index contributed by atoms with van der Waals surface area (Å²) >= 11 is 12.7. The van der Waals surface area contributed by atoms with E-state index in [0.29, 0.717) is 12.8 Å². The van der Waals surface area contributed by atoms with Crippen molar-refractivity contribution in [3.8, 4) is 0 Å². The smallest absolute Gasteiger partial charge is 0.324 e. The van der Waals surface area contributed by atoms with Gasteiger partial charge >= 0.3 is 5.97 Å². The molecule has 1 heterocycles. The molecule has 0 fully saturated rings. The van der Waals surface area contributed by atoms with Crippen LogP contribution < -0.4 is 9.44 Å². The lowest BCUT2D eigenvalue weighted by Crippen LogP contribution is -2.41. The summed E-state index contributed by atoms with van der Waals surface area (Å²) in [6, 6.07) is 6.51. The maximum atomic E-state index is 12.6. The molecule has 2 aromatic rings. The van der Waals surface area contributed by atoms with E-state index in [-0.39, 0.29) is 38.0 Å². The van der Waals surface area contributed by atoms with Gasteiger partial charge in [0.15, 0.2) is 0 Å². The molecule has 2 N–H and O–H groups in total. The summed E-state index contributed by atoms with van der Waals surface area (Å²) in [7, 11) is -7.76. The number of halogens is 2. The molecule has 0 saturated carbocycles. The molecule has 32 heavy (non-hydrogen) atoms. The topological polar surface area (TPSA) is 119 Å². The highest BCUT2D eigenvalue weighted by Crippen LogP contribution is 2.34. The minimum absolute atomic E-state index is 0.0179. The summed E-state index contributed by atoms with van der Waals surface area (Å²) in [6.45, 7) is 3.68. The van der Waals surface area contributed by atoms with Gasteiger partial charge in [-0.25, -0.2) is 21.6 Å². The zero-order chi connectivity index (χ0) is 23.9. The Labute approximate surface area is 202 Å². The van der Waals surface area contributed by atoms with Crippen LogP contribution in [0.3, 0.4) is 0 Å². The van der Waals surface area contributed by atoms with Crippen LogP contribution in [0, 0.1) is 6.92 Å². The van der Waals surface area contributed by atoms with Crippen LogP contribution in [-0.4, -0.2) is 42.0 Å². The largest absolute Gasteiger partial charge is 0.465 e. The predicted octanol–water partition coefficient (Wildman–Crippen LogP) is 3.72. The maximum absolute atomic E-state index is 12.6. The number of unbranched alkanes of at least 4 members (excludes halogenated alkanes) is 1. The van der Waals surface area contributed by atoms with Crippen molar-refractivity contribution in [1.29, 1.82) is 0 Å². The van der Waals surface area contributed by atoms with Crippen molar-refractivity contribution in [2.75, 3.05) is 13.2 Å². The van der Waals surface area contributed by atoms with E-state index in [4.69, 9.17) is 27.9 Å². The van der Waals surface area contributed by atoms with Crippen molar-refractivity contribution >= 4 is 60.6 Å². The number of carbonyl (C=O) groups excluding carboxylic acids is 1. The van der Waals surface area contributed by atoms with Crippen LogP contribution >= 0.6 is 34.5 Å². The van der Waals surface area contributed by atoms with Crippen LogP contribution in [0.15, 0.2) is 40.1 Å². The third kappa shape index (κ3) is 7.68. The molecule has 1 aromatic carbocycles. The van der Waals surface area contributed by atoms with Crippen LogP contribution in [0.5, 0.6) is 0 Å². The van der Waals surface area contributed by atoms with Gasteiger partial charge in [0.1, 0.15) is 15.3 Å². The number of hydrogen-bond acceptors (Lipinski definition) is 7. The van der Waals surface area contributed by atoms with Gasteiger partial charge in [-0.15, -0.1) is 11.3 Å². The number of aryl methyl sites for hydroxylation is 1. The highest BCUT2D eigenvalue weighted by Gasteiger charge is 2.29. The van der Waals surface area contributed by atoms with Gasteiger partial charge in [0, 0.05) is 6.54 Å². The highest BCUT2D eigenvalue weighted by atomic mass is 35.5. The number of esters is 1. The van der Waals surface area contributed by atoms with E-state index in [1.807, 2.05) is 6.92 Å². The molecule has 1 unspecified atom stereocenters. The Hall–Kier alpha value is -1.21. The highest BCUT2D eigenvalue weighted by molar-refractivity contribution is 7.90. The molecule has 1 atom stereocenters. The standard InChI is InChI=1S/C19H24Cl2N2O6S3/c1-3-29-19(24)15(23-32(27,28)16-12-17(20)30-18(16)21)6-4-5-11-22-31(25,26)14-9-7-13(2)8-10-14/h7-10,12,15,22-23H,3-6,11H2,1-2H3. The minimum atomic E-state index is -4.11. The number of benzene rings is 1. The summed E-state index contributed by atoms with van der Waals surface area (Å²) in [5.41, 5.74) is 0.947. The Morgan fingerprint density at radius 2 is 1.75 bits per heavy atom. The summed E-state index contributed by atoms with van der Waals surface area (Å²) in [6.07, 6.45) is 0.855. The Morgan fingerprint density at radius 1 is 1.09 bits per heavy atom. The number of ether oxygens (including phenoxy) is 1. The van der Waals surface area contributed by atoms with Crippen molar-refractivity contribution in [2.24, 2.45) is 0 Å². The molecule has 0 bridgehead atoms. The zero-order valence-corrected chi connectivity index (χ0v) is 21.4. The van der Waals surface area contributed by atoms with Crippen LogP contribution in [0.2, 0.25) is 8.67 Å². The molecule has 0 amide bonds. The van der Waals surface area contributed by atoms with Gasteiger partial charge in [0.05, 0.1) is 15.8 Å². The number of carbonyl (C=O) groups is 1. The second-order valence-electron chi connectivity index (χ2n) is 6.82. The number of thiophene rings is 1. The molecule has 1 aromatic heterocycles. The molecule has 178 valence electrons. The second kappa shape index (κ2) is 11.8. The van der Waals surface area contributed by atoms with Crippen LogP contribution in [0.4, 0.5) is 0 Å². The summed E-state index contributed by atoms with van der Waals surface area (Å²) in [5.74, 6) is -0.728. The third-order valence-corrected chi connectivity index (χ3v) is 9.03. The first-order chi connectivity index (χ1) is 15.0. The number of nitrogens with one attached hydrogen (secondary N) is 2. The lowest BCUT2D eigenvalue weighted by Gasteiger charge is -2.17. The molecule has 13 heteroatoms. The first-order valence-electron chi connectivity index (χ1n) is 9.66. The average Bonchev–Trinajstić information content (AvgIpc) is 3.06. The predicted molar refractivity (Wildman–Crippen MR) is 125 cm³/mol. The van der Waals surface area contributed by atoms with Crippen molar-refractivity contribution in [3.05, 3.63) is 44.6 Å². The van der Waals surface area contributed by atoms with E-state index < -0.39 is 32.1 Å². The fourth-order valence-corrected chi connectivity index (χ4v) is 7.15. The van der Waals surface area contributed by atoms with Gasteiger partial charge in [0.25, 0.3) is 0 Å². The van der Waals surface area contributed by atoms with E-state index in [2.05, 4.69) is 9.44 Å². The fraction of sp³-hybridized carbons (Fsp3) is 0.421. The third-order valence-electron chi connectivity index (χ3n) is 4.33. The molecule has 0 spiro atoms. The Bertz CT molecular complexity index is 1130. The molecule has 8 nitrogen and oxygen atoms in total. The van der Waals surface area contributed by atoms with Gasteiger partial charge < -0.3 is 4.74 Å². The first-order valence-corrected chi connectivity index (χ1v) is 14.2. The van der Waals surface area contributed by atoms with Gasteiger partial charge in [-0.3, -0.25) is 4.79 Å². The first kappa shape index (κ1) is 27.0. The number of sulfonamides is 2. The molecule has 0 aliphatic carbocycles. The molecular weight excluding hydrogens is 519 g/mol. The van der Waals surface area contributed by atoms with E-state index in [1.165, 1.54) is 18.2 Å². The van der Waals surface area contributed by atoms with Crippen LogP contribution in [0.25, 0.3) is 0 Å². The van der Waals surface area contributed by atoms with E-state index in [1.54, 1.807) is 19.1 Å². The second-order valence-corrected chi connectivity index (χ2v) is 12.6. The normalized spacial score (nSPS) is 13.1. The lowest BCUT2D eigenvalue weighted by atomic mass is 10.1. The molecular formula is C19H24Cl2N2O6S3. The SMILES string of the molecule is CCOC(=O)C(CCCCNS(=O)(=O)c1ccc(C)cc1)NS(=O)(=O)c1cc(Cl)sc1Cl. The molecule has 2 rings (SSSR count). The number of rotatable bonds is 12. The van der Waals surface area contributed by atoms with E-state index in [0.717, 1.165) is 16.9 Å². The van der Waals surface area contributed by atoms with Crippen LogP contribution in [-0.2, 0) is 29.6 Å². The summed E-state index contributed by atoms with van der Waals surface area (Å²) < 4.78 is 59.9. The monoisotopic (exact) mass is 542 g/mol. The molecule has 0 radical (unpaired) electrons. The number of hydrogen-bond donors (Lipinski definition) is 2. The van der Waals surface area contributed by atoms with Crippen molar-refractivity contribution in [1.82, 2.24) is 9.44 Å². The van der Waals surface area contributed by atoms with E-state index in [9.17, 15) is 21.6 Å². The van der Waals surface area contributed by atoms with Crippen molar-refractivity contribution in [3.63, 3.8) is 0 Å². The Balaban J connectivity index is 1.96. The lowest BCUT2D eigenvalue weighted by molar-refractivity contribution is -0.145. The van der Waals surface area contributed by atoms with Gasteiger partial charge in [-0.05, 0) is 51.3 Å². The summed E-state index contributed by atoms with van der Waals surface area (Å²) in [4.78, 5) is 12.2. The van der Waals surface area contributed by atoms with Gasteiger partial charge in [-0.2, -0.15) is 4.72 Å². The van der Waals surface area contributed by atoms with E-state index >= 15 is 0 Å². The quantitative estimate of drug-likeness (QED) is 0.311. The Morgan fingerprint density at radius 3 is 2.31 bits per heavy atom. The molecule has 0 aliphatic rings. The minimum Gasteiger partial charge on any atom is -0.465 e. The van der Waals surface area contributed by atoms with Crippen molar-refractivity contribution in [2.45, 2.75) is 48.9 Å². The molecule has 0 aliphatic heterocycles. The Kier molecular flexibility index (Phi) is 9.95. The van der Waals surface area contributed by atoms with Gasteiger partial charge in [0.2, 0.25) is 20.0 Å². The van der Waals surface area contributed by atoms with Gasteiger partial charge in [-0.1, -0.05) is 40.9 Å². The summed E-state index contributed by atoms with van der Waals surface area (Å²) in [5, 5.41) is 0. The molecule has 0 saturated heterocycles. The average molecular weight is 544 g/mol. The van der Waals surface area contributed by atoms with Crippen molar-refractivity contribution < 1.29 is 26.4 Å².